The van der Waals surface area contributed by atoms with E-state index < -0.39 is 18.1 Å². The fraction of sp³-hybridized carbons (Fsp3) is 0.385. The molecule has 1 aromatic carbocycles. The van der Waals surface area contributed by atoms with E-state index in [1.165, 1.54) is 7.11 Å². The minimum atomic E-state index is -1.00. The van der Waals surface area contributed by atoms with Crippen LogP contribution in [0.1, 0.15) is 12.0 Å². The Labute approximate surface area is 132 Å². The lowest BCUT2D eigenvalue weighted by Gasteiger charge is -2.15. The fourth-order valence-corrected chi connectivity index (χ4v) is 1.98. The number of amides is 2. The predicted molar refractivity (Wildman–Crippen MR) is 81.3 cm³/mol. The zero-order valence-electron chi connectivity index (χ0n) is 11.6. The maximum atomic E-state index is 11.7. The van der Waals surface area contributed by atoms with Crippen molar-refractivity contribution in [2.24, 2.45) is 0 Å². The smallest absolute Gasteiger partial charge is 0.319 e. The second-order valence-corrected chi connectivity index (χ2v) is 5.19. The molecule has 116 valence electrons. The average molecular weight is 335 g/mol. The third kappa shape index (κ3) is 5.79. The Bertz CT molecular complexity index is 537. The topological polar surface area (TPSA) is 87.7 Å². The number of hydrogen-bond acceptors (Lipinski definition) is 3. The maximum Gasteiger partial charge on any atom is 0.319 e. The average Bonchev–Trinajstić information content (AvgIpc) is 2.40. The quantitative estimate of drug-likeness (QED) is 0.746. The number of ether oxygens (including phenoxy) is 1. The van der Waals surface area contributed by atoms with Gasteiger partial charge in [0.05, 0.1) is 23.2 Å². The van der Waals surface area contributed by atoms with Crippen LogP contribution in [0, 0.1) is 6.92 Å². The van der Waals surface area contributed by atoms with Gasteiger partial charge >= 0.3 is 12.0 Å². The van der Waals surface area contributed by atoms with Gasteiger partial charge in [0.25, 0.3) is 0 Å². The summed E-state index contributed by atoms with van der Waals surface area (Å²) in [7, 11) is 1.38. The van der Waals surface area contributed by atoms with Gasteiger partial charge in [0.1, 0.15) is 0 Å². The highest BCUT2D eigenvalue weighted by molar-refractivity contribution is 6.36. The summed E-state index contributed by atoms with van der Waals surface area (Å²) in [6.07, 6.45) is -0.807. The molecule has 1 unspecified atom stereocenters. The number of aliphatic carboxylic acids is 1. The molecule has 0 bridgehead atoms. The normalized spacial score (nSPS) is 11.8. The van der Waals surface area contributed by atoms with E-state index in [1.807, 2.05) is 0 Å². The van der Waals surface area contributed by atoms with E-state index >= 15 is 0 Å². The van der Waals surface area contributed by atoms with Crippen LogP contribution >= 0.6 is 23.2 Å². The minimum absolute atomic E-state index is 0.0614. The molecule has 0 saturated heterocycles. The van der Waals surface area contributed by atoms with Crippen molar-refractivity contribution < 1.29 is 19.4 Å². The number of aryl methyl sites for hydroxylation is 1. The van der Waals surface area contributed by atoms with Gasteiger partial charge in [-0.25, -0.2) is 4.79 Å². The van der Waals surface area contributed by atoms with Crippen LogP contribution in [0.15, 0.2) is 12.1 Å². The molecule has 8 heteroatoms. The largest absolute Gasteiger partial charge is 0.481 e. The van der Waals surface area contributed by atoms with Crippen LogP contribution in [0.5, 0.6) is 0 Å². The number of urea groups is 1. The second-order valence-electron chi connectivity index (χ2n) is 4.37. The number of carboxylic acids is 1. The first-order valence-corrected chi connectivity index (χ1v) is 6.84. The van der Waals surface area contributed by atoms with Gasteiger partial charge in [0.2, 0.25) is 0 Å². The SMILES string of the molecule is COC(CNC(=O)Nc1cc(Cl)c(C)cc1Cl)CC(=O)O. The number of carbonyl (C=O) groups excluding carboxylic acids is 1. The van der Waals surface area contributed by atoms with Crippen molar-refractivity contribution in [3.8, 4) is 0 Å². The lowest BCUT2D eigenvalue weighted by molar-refractivity contribution is -0.139. The summed E-state index contributed by atoms with van der Waals surface area (Å²) in [5.74, 6) is -1.00. The Kier molecular flexibility index (Phi) is 6.74. The zero-order valence-corrected chi connectivity index (χ0v) is 13.1. The van der Waals surface area contributed by atoms with Crippen LogP contribution in [0.2, 0.25) is 10.0 Å². The molecule has 3 N–H and O–H groups in total. The summed E-state index contributed by atoms with van der Waals surface area (Å²) in [4.78, 5) is 22.3. The van der Waals surface area contributed by atoms with Gasteiger partial charge in [-0.1, -0.05) is 23.2 Å². The van der Waals surface area contributed by atoms with E-state index in [0.717, 1.165) is 5.56 Å². The summed E-state index contributed by atoms with van der Waals surface area (Å²) < 4.78 is 4.95. The van der Waals surface area contributed by atoms with Crippen LogP contribution in [0.4, 0.5) is 10.5 Å². The van der Waals surface area contributed by atoms with Gasteiger partial charge < -0.3 is 20.5 Å². The van der Waals surface area contributed by atoms with E-state index in [2.05, 4.69) is 10.6 Å². The van der Waals surface area contributed by atoms with Crippen LogP contribution < -0.4 is 10.6 Å². The van der Waals surface area contributed by atoms with E-state index in [4.69, 9.17) is 33.0 Å². The van der Waals surface area contributed by atoms with Gasteiger partial charge in [-0.05, 0) is 24.6 Å². The molecule has 0 heterocycles. The van der Waals surface area contributed by atoms with E-state index in [9.17, 15) is 9.59 Å². The third-order valence-corrected chi connectivity index (χ3v) is 3.44. The van der Waals surface area contributed by atoms with Crippen molar-refractivity contribution in [2.45, 2.75) is 19.4 Å². The lowest BCUT2D eigenvalue weighted by Crippen LogP contribution is -2.37. The van der Waals surface area contributed by atoms with E-state index in [-0.39, 0.29) is 13.0 Å². The van der Waals surface area contributed by atoms with Crippen molar-refractivity contribution in [1.82, 2.24) is 5.32 Å². The van der Waals surface area contributed by atoms with Crippen LogP contribution in [0.25, 0.3) is 0 Å². The molecule has 0 saturated carbocycles. The number of benzene rings is 1. The number of carbonyl (C=O) groups is 2. The van der Waals surface area contributed by atoms with Crippen molar-refractivity contribution >= 4 is 40.9 Å². The first-order chi connectivity index (χ1) is 9.83. The van der Waals surface area contributed by atoms with Crippen molar-refractivity contribution in [2.75, 3.05) is 19.0 Å². The first-order valence-electron chi connectivity index (χ1n) is 6.08. The molecule has 0 radical (unpaired) electrons. The number of carboxylic acid groups (broad SMARTS) is 1. The minimum Gasteiger partial charge on any atom is -0.481 e. The Morgan fingerprint density at radius 2 is 2.00 bits per heavy atom. The molecule has 1 rings (SSSR count). The molecular formula is C13H16Cl2N2O4. The van der Waals surface area contributed by atoms with Crippen LogP contribution in [-0.4, -0.2) is 36.9 Å². The summed E-state index contributed by atoms with van der Waals surface area (Å²) >= 11 is 12.0. The second kappa shape index (κ2) is 8.07. The number of rotatable bonds is 6. The van der Waals surface area contributed by atoms with Gasteiger partial charge in [0.15, 0.2) is 0 Å². The van der Waals surface area contributed by atoms with Crippen molar-refractivity contribution in [1.29, 1.82) is 0 Å². The highest BCUT2D eigenvalue weighted by Crippen LogP contribution is 2.28. The predicted octanol–water partition coefficient (Wildman–Crippen LogP) is 2.91. The Hall–Kier alpha value is -1.50. The van der Waals surface area contributed by atoms with E-state index in [1.54, 1.807) is 19.1 Å². The molecule has 0 fully saturated rings. The standard InChI is InChI=1S/C13H16Cl2N2O4/c1-7-3-10(15)11(5-9(7)14)17-13(20)16-6-8(21-2)4-12(18)19/h3,5,8H,4,6H2,1-2H3,(H,18,19)(H2,16,17,20). The maximum absolute atomic E-state index is 11.7. The molecule has 1 atom stereocenters. The van der Waals surface area contributed by atoms with Crippen molar-refractivity contribution in [3.05, 3.63) is 27.7 Å². The Morgan fingerprint density at radius 3 is 2.57 bits per heavy atom. The Morgan fingerprint density at radius 1 is 1.33 bits per heavy atom. The third-order valence-electron chi connectivity index (χ3n) is 2.72. The molecule has 0 aromatic heterocycles. The van der Waals surface area contributed by atoms with Gasteiger partial charge in [0, 0.05) is 18.7 Å². The first kappa shape index (κ1) is 17.6. The summed E-state index contributed by atoms with van der Waals surface area (Å²) in [6, 6.07) is 2.66. The molecule has 0 spiro atoms. The molecule has 21 heavy (non-hydrogen) atoms. The number of halogens is 2. The Balaban J connectivity index is 2.58. The number of anilines is 1. The molecular weight excluding hydrogens is 319 g/mol. The number of nitrogens with one attached hydrogen (secondary N) is 2. The summed E-state index contributed by atoms with van der Waals surface area (Å²) in [6.45, 7) is 1.86. The number of methoxy groups -OCH3 is 1. The van der Waals surface area contributed by atoms with Gasteiger partial charge in [-0.3, -0.25) is 4.79 Å². The van der Waals surface area contributed by atoms with E-state index in [0.29, 0.717) is 15.7 Å². The van der Waals surface area contributed by atoms with Crippen molar-refractivity contribution in [3.63, 3.8) is 0 Å². The fourth-order valence-electron chi connectivity index (χ4n) is 1.55. The van der Waals surface area contributed by atoms with Crippen LogP contribution in [0.3, 0.4) is 0 Å². The molecule has 0 aliphatic rings. The molecule has 0 aliphatic heterocycles. The number of hydrogen-bond donors (Lipinski definition) is 3. The molecule has 2 amide bonds. The molecule has 1 aromatic rings. The molecule has 0 aliphatic carbocycles. The van der Waals surface area contributed by atoms with Gasteiger partial charge in [-0.15, -0.1) is 0 Å². The summed E-state index contributed by atoms with van der Waals surface area (Å²) in [5.41, 5.74) is 1.17. The molecule has 6 nitrogen and oxygen atoms in total. The highest BCUT2D eigenvalue weighted by atomic mass is 35.5. The lowest BCUT2D eigenvalue weighted by atomic mass is 10.2. The highest BCUT2D eigenvalue weighted by Gasteiger charge is 2.14. The summed E-state index contributed by atoms with van der Waals surface area (Å²) in [5, 5.41) is 14.6. The van der Waals surface area contributed by atoms with Crippen LogP contribution in [-0.2, 0) is 9.53 Å². The van der Waals surface area contributed by atoms with Gasteiger partial charge in [-0.2, -0.15) is 0 Å². The zero-order chi connectivity index (χ0) is 16.0. The monoisotopic (exact) mass is 334 g/mol.